The van der Waals surface area contributed by atoms with Gasteiger partial charge in [0, 0.05) is 6.08 Å². The summed E-state index contributed by atoms with van der Waals surface area (Å²) in [6.45, 7) is 0. The third-order valence-electron chi connectivity index (χ3n) is 2.65. The Morgan fingerprint density at radius 1 is 1.00 bits per heavy atom. The van der Waals surface area contributed by atoms with Crippen LogP contribution in [0.5, 0.6) is 0 Å². The minimum absolute atomic E-state index is 0.586. The zero-order valence-corrected chi connectivity index (χ0v) is 11.5. The number of ketones is 6. The van der Waals surface area contributed by atoms with Gasteiger partial charge in [0.1, 0.15) is 5.03 Å². The van der Waals surface area contributed by atoms with Crippen LogP contribution >= 0.6 is 23.2 Å². The van der Waals surface area contributed by atoms with E-state index in [1.54, 1.807) is 0 Å². The van der Waals surface area contributed by atoms with Crippen molar-refractivity contribution in [3.63, 3.8) is 0 Å². The Morgan fingerprint density at radius 2 is 1.62 bits per heavy atom. The van der Waals surface area contributed by atoms with Gasteiger partial charge in [-0.05, 0) is 0 Å². The van der Waals surface area contributed by atoms with Crippen LogP contribution in [0, 0.1) is 0 Å². The van der Waals surface area contributed by atoms with Crippen LogP contribution in [-0.2, 0) is 33.5 Å². The molecule has 0 bridgehead atoms. The topological polar surface area (TPSA) is 112 Å². The molecular formula is C12H4Cl2O7. The molecule has 0 radical (unpaired) electrons. The number of rotatable bonds is 2. The summed E-state index contributed by atoms with van der Waals surface area (Å²) in [4.78, 5) is 68.2. The normalized spacial score (nSPS) is 23.7. The SMILES string of the molecule is O=C1C=C(OC2=C(Cl)C(=O)C(=O)C(Cl)C2=O)C(=O)CC1=O. The van der Waals surface area contributed by atoms with Crippen LogP contribution in [0.4, 0.5) is 0 Å². The summed E-state index contributed by atoms with van der Waals surface area (Å²) >= 11 is 11.0. The Morgan fingerprint density at radius 3 is 2.24 bits per heavy atom. The Labute approximate surface area is 126 Å². The number of Topliss-reactive ketones (excluding diaryl/α,β-unsaturated/α-hetero) is 5. The average Bonchev–Trinajstić information content (AvgIpc) is 2.44. The maximum atomic E-state index is 11.8. The molecule has 0 spiro atoms. The molecule has 0 amide bonds. The molecule has 0 fully saturated rings. The van der Waals surface area contributed by atoms with Crippen LogP contribution in [0.1, 0.15) is 6.42 Å². The summed E-state index contributed by atoms with van der Waals surface area (Å²) in [6, 6.07) is 0. The molecule has 0 aromatic rings. The van der Waals surface area contributed by atoms with Gasteiger partial charge in [0.2, 0.25) is 34.7 Å². The van der Waals surface area contributed by atoms with E-state index in [0.717, 1.165) is 0 Å². The molecule has 0 aromatic heterocycles. The molecule has 1 atom stereocenters. The molecule has 2 aliphatic carbocycles. The predicted octanol–water partition coefficient (Wildman–Crippen LogP) is -0.223. The van der Waals surface area contributed by atoms with Crippen LogP contribution in [0.3, 0.4) is 0 Å². The van der Waals surface area contributed by atoms with Gasteiger partial charge >= 0.3 is 0 Å². The lowest BCUT2D eigenvalue weighted by atomic mass is 10.00. The molecule has 0 heterocycles. The van der Waals surface area contributed by atoms with Crippen molar-refractivity contribution in [2.45, 2.75) is 11.8 Å². The quantitative estimate of drug-likeness (QED) is 0.390. The number of carbonyl (C=O) groups excluding carboxylic acids is 6. The van der Waals surface area contributed by atoms with E-state index in [1.807, 2.05) is 0 Å². The molecule has 0 aromatic carbocycles. The zero-order valence-electron chi connectivity index (χ0n) is 9.98. The molecule has 21 heavy (non-hydrogen) atoms. The highest BCUT2D eigenvalue weighted by Gasteiger charge is 2.43. The van der Waals surface area contributed by atoms with Gasteiger partial charge < -0.3 is 4.74 Å². The van der Waals surface area contributed by atoms with Gasteiger partial charge in [-0.25, -0.2) is 0 Å². The number of halogens is 2. The molecule has 0 saturated carbocycles. The first-order chi connectivity index (χ1) is 9.73. The summed E-state index contributed by atoms with van der Waals surface area (Å²) in [5, 5.41) is -2.65. The lowest BCUT2D eigenvalue weighted by Gasteiger charge is -2.19. The third-order valence-corrected chi connectivity index (χ3v) is 3.39. The van der Waals surface area contributed by atoms with E-state index in [9.17, 15) is 28.8 Å². The smallest absolute Gasteiger partial charge is 0.245 e. The molecule has 1 unspecified atom stereocenters. The molecule has 2 aliphatic rings. The first-order valence-corrected chi connectivity index (χ1v) is 6.22. The van der Waals surface area contributed by atoms with Gasteiger partial charge in [0.15, 0.2) is 16.9 Å². The van der Waals surface area contributed by atoms with Crippen LogP contribution in [0.15, 0.2) is 22.6 Å². The first kappa shape index (κ1) is 15.3. The Hall–Kier alpha value is -2.12. The molecule has 0 aliphatic heterocycles. The summed E-state index contributed by atoms with van der Waals surface area (Å²) in [7, 11) is 0. The highest BCUT2D eigenvalue weighted by molar-refractivity contribution is 6.69. The van der Waals surface area contributed by atoms with E-state index in [4.69, 9.17) is 27.9 Å². The van der Waals surface area contributed by atoms with Crippen LogP contribution in [-0.4, -0.2) is 40.1 Å². The summed E-state index contributed by atoms with van der Waals surface area (Å²) in [5.74, 6) is -7.76. The lowest BCUT2D eigenvalue weighted by Crippen LogP contribution is -2.39. The fraction of sp³-hybridized carbons (Fsp3) is 0.167. The van der Waals surface area contributed by atoms with Gasteiger partial charge in [-0.2, -0.15) is 0 Å². The standard InChI is InChI=1S/C12H4Cl2O7/c13-7-9(18)10(19)8(14)12(11(7)20)21-6-2-4(16)3(15)1-5(6)17/h2,7H,1H2. The zero-order chi connectivity index (χ0) is 15.9. The van der Waals surface area contributed by atoms with Gasteiger partial charge in [-0.1, -0.05) is 11.6 Å². The molecule has 0 saturated heterocycles. The van der Waals surface area contributed by atoms with E-state index < -0.39 is 63.0 Å². The second kappa shape index (κ2) is 5.34. The molecule has 7 nitrogen and oxygen atoms in total. The number of carbonyl (C=O) groups is 6. The van der Waals surface area contributed by atoms with Crippen molar-refractivity contribution < 1.29 is 33.5 Å². The molecule has 9 heteroatoms. The number of hydrogen-bond acceptors (Lipinski definition) is 7. The van der Waals surface area contributed by atoms with Crippen molar-refractivity contribution in [1.82, 2.24) is 0 Å². The Balaban J connectivity index is 2.41. The molecule has 0 N–H and O–H groups in total. The van der Waals surface area contributed by atoms with Crippen LogP contribution in [0.25, 0.3) is 0 Å². The van der Waals surface area contributed by atoms with Gasteiger partial charge in [-0.3, -0.25) is 28.8 Å². The van der Waals surface area contributed by atoms with E-state index in [-0.39, 0.29) is 0 Å². The third kappa shape index (κ3) is 2.57. The number of ether oxygens (including phenoxy) is 1. The second-order valence-corrected chi connectivity index (χ2v) is 4.88. The van der Waals surface area contributed by atoms with Crippen molar-refractivity contribution in [1.29, 1.82) is 0 Å². The van der Waals surface area contributed by atoms with Gasteiger partial charge in [0.05, 0.1) is 6.42 Å². The molecular weight excluding hydrogens is 327 g/mol. The minimum Gasteiger partial charge on any atom is -0.448 e. The van der Waals surface area contributed by atoms with Crippen molar-refractivity contribution in [3.8, 4) is 0 Å². The summed E-state index contributed by atoms with van der Waals surface area (Å²) < 4.78 is 4.86. The van der Waals surface area contributed by atoms with Crippen molar-refractivity contribution >= 4 is 57.9 Å². The minimum atomic E-state index is -1.81. The monoisotopic (exact) mass is 330 g/mol. The number of hydrogen-bond donors (Lipinski definition) is 0. The fourth-order valence-corrected chi connectivity index (χ4v) is 1.98. The highest BCUT2D eigenvalue weighted by atomic mass is 35.5. The van der Waals surface area contributed by atoms with Crippen molar-refractivity contribution in [2.24, 2.45) is 0 Å². The molecule has 2 rings (SSSR count). The van der Waals surface area contributed by atoms with Gasteiger partial charge in [-0.15, -0.1) is 11.6 Å². The predicted molar refractivity (Wildman–Crippen MR) is 66.3 cm³/mol. The molecule has 108 valence electrons. The lowest BCUT2D eigenvalue weighted by molar-refractivity contribution is -0.138. The Kier molecular flexibility index (Phi) is 3.89. The number of alkyl halides is 1. The van der Waals surface area contributed by atoms with Crippen LogP contribution < -0.4 is 0 Å². The Bertz CT molecular complexity index is 698. The maximum absolute atomic E-state index is 11.8. The van der Waals surface area contributed by atoms with Crippen LogP contribution in [0.2, 0.25) is 0 Å². The summed E-state index contributed by atoms with van der Waals surface area (Å²) in [5.41, 5.74) is 0. The van der Waals surface area contributed by atoms with E-state index in [2.05, 4.69) is 0 Å². The fourth-order valence-electron chi connectivity index (χ4n) is 1.56. The second-order valence-electron chi connectivity index (χ2n) is 4.06. The maximum Gasteiger partial charge on any atom is 0.245 e. The van der Waals surface area contributed by atoms with Crippen molar-refractivity contribution in [2.75, 3.05) is 0 Å². The number of allylic oxidation sites excluding steroid dienone is 4. The largest absolute Gasteiger partial charge is 0.448 e. The highest BCUT2D eigenvalue weighted by Crippen LogP contribution is 2.27. The van der Waals surface area contributed by atoms with Crippen molar-refractivity contribution in [3.05, 3.63) is 22.6 Å². The van der Waals surface area contributed by atoms with Gasteiger partial charge in [0.25, 0.3) is 0 Å². The van der Waals surface area contributed by atoms with E-state index in [0.29, 0.717) is 6.08 Å². The summed E-state index contributed by atoms with van der Waals surface area (Å²) in [6.07, 6.45) is -0.135. The first-order valence-electron chi connectivity index (χ1n) is 5.40. The van der Waals surface area contributed by atoms with E-state index in [1.165, 1.54) is 0 Å². The van der Waals surface area contributed by atoms with E-state index >= 15 is 0 Å². The average molecular weight is 331 g/mol.